The SMILES string of the molecule is Cc1cccc(Cc2cccc(C3CCCN(C(=O)Cc4ccccn4)C3)n2)c1. The van der Waals surface area contributed by atoms with Crippen LogP contribution in [0.5, 0.6) is 0 Å². The Hall–Kier alpha value is -3.01. The molecule has 29 heavy (non-hydrogen) atoms. The van der Waals surface area contributed by atoms with Crippen LogP contribution in [0.25, 0.3) is 0 Å². The highest BCUT2D eigenvalue weighted by atomic mass is 16.2. The van der Waals surface area contributed by atoms with Gasteiger partial charge in [-0.15, -0.1) is 0 Å². The van der Waals surface area contributed by atoms with E-state index in [0.717, 1.165) is 49.4 Å². The monoisotopic (exact) mass is 385 g/mol. The second kappa shape index (κ2) is 8.99. The lowest BCUT2D eigenvalue weighted by Gasteiger charge is -2.32. The average Bonchev–Trinajstić information content (AvgIpc) is 2.75. The topological polar surface area (TPSA) is 46.1 Å². The molecule has 2 aromatic heterocycles. The Bertz CT molecular complexity index is 971. The number of aromatic nitrogens is 2. The summed E-state index contributed by atoms with van der Waals surface area (Å²) in [7, 11) is 0. The van der Waals surface area contributed by atoms with Gasteiger partial charge in [0.25, 0.3) is 0 Å². The molecule has 0 N–H and O–H groups in total. The second-order valence-corrected chi connectivity index (χ2v) is 7.90. The van der Waals surface area contributed by atoms with Gasteiger partial charge < -0.3 is 4.90 Å². The first-order valence-corrected chi connectivity index (χ1v) is 10.4. The first-order chi connectivity index (χ1) is 14.2. The Labute approximate surface area is 172 Å². The predicted molar refractivity (Wildman–Crippen MR) is 115 cm³/mol. The molecule has 1 fully saturated rings. The summed E-state index contributed by atoms with van der Waals surface area (Å²) in [6.45, 7) is 3.68. The molecule has 1 aromatic carbocycles. The van der Waals surface area contributed by atoms with Gasteiger partial charge in [0.05, 0.1) is 6.42 Å². The Balaban J connectivity index is 1.43. The van der Waals surface area contributed by atoms with Crippen molar-refractivity contribution >= 4 is 5.91 Å². The number of rotatable bonds is 5. The Morgan fingerprint density at radius 2 is 1.93 bits per heavy atom. The van der Waals surface area contributed by atoms with Crippen LogP contribution in [0.3, 0.4) is 0 Å². The highest BCUT2D eigenvalue weighted by Crippen LogP contribution is 2.26. The van der Waals surface area contributed by atoms with Crippen molar-refractivity contribution in [3.8, 4) is 0 Å². The van der Waals surface area contributed by atoms with E-state index in [-0.39, 0.29) is 5.91 Å². The van der Waals surface area contributed by atoms with E-state index < -0.39 is 0 Å². The largest absolute Gasteiger partial charge is 0.342 e. The van der Waals surface area contributed by atoms with Crippen molar-refractivity contribution in [3.63, 3.8) is 0 Å². The van der Waals surface area contributed by atoms with E-state index in [4.69, 9.17) is 4.98 Å². The fourth-order valence-corrected chi connectivity index (χ4v) is 4.07. The quantitative estimate of drug-likeness (QED) is 0.657. The van der Waals surface area contributed by atoms with Crippen LogP contribution in [0.4, 0.5) is 0 Å². The van der Waals surface area contributed by atoms with Gasteiger partial charge in [0.2, 0.25) is 5.91 Å². The number of carbonyl (C=O) groups is 1. The van der Waals surface area contributed by atoms with E-state index in [1.54, 1.807) is 6.20 Å². The first-order valence-electron chi connectivity index (χ1n) is 10.4. The average molecular weight is 386 g/mol. The third-order valence-corrected chi connectivity index (χ3v) is 5.55. The lowest BCUT2D eigenvalue weighted by atomic mass is 9.93. The Kier molecular flexibility index (Phi) is 5.99. The van der Waals surface area contributed by atoms with E-state index in [1.165, 1.54) is 11.1 Å². The van der Waals surface area contributed by atoms with E-state index in [2.05, 4.69) is 54.4 Å². The molecule has 148 valence electrons. The number of aryl methyl sites for hydroxylation is 1. The van der Waals surface area contributed by atoms with Crippen molar-refractivity contribution in [2.75, 3.05) is 13.1 Å². The molecule has 0 spiro atoms. The van der Waals surface area contributed by atoms with Crippen LogP contribution in [-0.4, -0.2) is 33.9 Å². The van der Waals surface area contributed by atoms with Crippen LogP contribution in [-0.2, 0) is 17.6 Å². The molecule has 0 bridgehead atoms. The molecule has 1 atom stereocenters. The molecule has 3 aromatic rings. The van der Waals surface area contributed by atoms with Gasteiger partial charge in [-0.2, -0.15) is 0 Å². The maximum absolute atomic E-state index is 12.7. The Morgan fingerprint density at radius 1 is 1.07 bits per heavy atom. The van der Waals surface area contributed by atoms with Crippen LogP contribution >= 0.6 is 0 Å². The van der Waals surface area contributed by atoms with Gasteiger partial charge in [0.1, 0.15) is 0 Å². The fourth-order valence-electron chi connectivity index (χ4n) is 4.07. The van der Waals surface area contributed by atoms with E-state index >= 15 is 0 Å². The molecule has 0 radical (unpaired) electrons. The van der Waals surface area contributed by atoms with Crippen molar-refractivity contribution in [1.29, 1.82) is 0 Å². The zero-order chi connectivity index (χ0) is 20.1. The van der Waals surface area contributed by atoms with Crippen LogP contribution in [0.1, 0.15) is 47.0 Å². The molecular formula is C25H27N3O. The molecule has 1 aliphatic heterocycles. The van der Waals surface area contributed by atoms with Crippen molar-refractivity contribution in [1.82, 2.24) is 14.9 Å². The maximum Gasteiger partial charge on any atom is 0.228 e. The minimum absolute atomic E-state index is 0.157. The summed E-state index contributed by atoms with van der Waals surface area (Å²) in [5.41, 5.74) is 5.58. The number of nitrogens with zero attached hydrogens (tertiary/aromatic N) is 3. The van der Waals surface area contributed by atoms with Gasteiger partial charge in [-0.05, 0) is 49.6 Å². The molecule has 1 amide bonds. The molecule has 4 nitrogen and oxygen atoms in total. The number of carbonyl (C=O) groups excluding carboxylic acids is 1. The number of amides is 1. The van der Waals surface area contributed by atoms with E-state index in [9.17, 15) is 4.79 Å². The normalized spacial score (nSPS) is 16.6. The summed E-state index contributed by atoms with van der Waals surface area (Å²) >= 11 is 0. The van der Waals surface area contributed by atoms with Crippen LogP contribution in [0, 0.1) is 6.92 Å². The van der Waals surface area contributed by atoms with E-state index in [0.29, 0.717) is 12.3 Å². The van der Waals surface area contributed by atoms with Gasteiger partial charge in [0, 0.05) is 48.7 Å². The molecule has 1 saturated heterocycles. The standard InChI is InChI=1S/C25H27N3O/c1-19-7-4-8-20(15-19)16-23-11-5-12-24(27-23)21-9-6-14-28(18-21)25(29)17-22-10-2-3-13-26-22/h2-5,7-8,10-13,15,21H,6,9,14,16-18H2,1H3. The summed E-state index contributed by atoms with van der Waals surface area (Å²) in [5.74, 6) is 0.457. The molecular weight excluding hydrogens is 358 g/mol. The predicted octanol–water partition coefficient (Wildman–Crippen LogP) is 4.32. The lowest BCUT2D eigenvalue weighted by molar-refractivity contribution is -0.131. The number of benzene rings is 1. The maximum atomic E-state index is 12.7. The highest BCUT2D eigenvalue weighted by molar-refractivity contribution is 5.78. The van der Waals surface area contributed by atoms with Crippen molar-refractivity contribution in [2.45, 2.75) is 38.5 Å². The van der Waals surface area contributed by atoms with Crippen LogP contribution < -0.4 is 0 Å². The number of likely N-dealkylation sites (tertiary alicyclic amines) is 1. The van der Waals surface area contributed by atoms with Gasteiger partial charge >= 0.3 is 0 Å². The van der Waals surface area contributed by atoms with Crippen LogP contribution in [0.15, 0.2) is 66.9 Å². The summed E-state index contributed by atoms with van der Waals surface area (Å²) in [5, 5.41) is 0. The highest BCUT2D eigenvalue weighted by Gasteiger charge is 2.25. The molecule has 4 rings (SSSR count). The summed E-state index contributed by atoms with van der Waals surface area (Å²) in [6, 6.07) is 20.6. The molecule has 3 heterocycles. The Morgan fingerprint density at radius 3 is 2.76 bits per heavy atom. The smallest absolute Gasteiger partial charge is 0.228 e. The minimum Gasteiger partial charge on any atom is -0.342 e. The fraction of sp³-hybridized carbons (Fsp3) is 0.320. The zero-order valence-electron chi connectivity index (χ0n) is 16.9. The van der Waals surface area contributed by atoms with Crippen molar-refractivity contribution in [2.24, 2.45) is 0 Å². The van der Waals surface area contributed by atoms with Gasteiger partial charge in [0.15, 0.2) is 0 Å². The molecule has 0 saturated carbocycles. The number of hydrogen-bond acceptors (Lipinski definition) is 3. The zero-order valence-corrected chi connectivity index (χ0v) is 16.9. The molecule has 0 aliphatic carbocycles. The van der Waals surface area contributed by atoms with Gasteiger partial charge in [-0.25, -0.2) is 0 Å². The molecule has 1 unspecified atom stereocenters. The third-order valence-electron chi connectivity index (χ3n) is 5.55. The lowest BCUT2D eigenvalue weighted by Crippen LogP contribution is -2.40. The second-order valence-electron chi connectivity index (χ2n) is 7.90. The van der Waals surface area contributed by atoms with Crippen molar-refractivity contribution in [3.05, 3.63) is 95.1 Å². The number of pyridine rings is 2. The number of piperidine rings is 1. The van der Waals surface area contributed by atoms with Crippen LogP contribution in [0.2, 0.25) is 0 Å². The number of hydrogen-bond donors (Lipinski definition) is 0. The van der Waals surface area contributed by atoms with Gasteiger partial charge in [-0.3, -0.25) is 14.8 Å². The van der Waals surface area contributed by atoms with Crippen molar-refractivity contribution < 1.29 is 4.79 Å². The summed E-state index contributed by atoms with van der Waals surface area (Å²) < 4.78 is 0. The van der Waals surface area contributed by atoms with E-state index in [1.807, 2.05) is 23.1 Å². The molecule has 4 heteroatoms. The minimum atomic E-state index is 0.157. The third kappa shape index (κ3) is 5.08. The van der Waals surface area contributed by atoms with Gasteiger partial charge in [-0.1, -0.05) is 42.0 Å². The molecule has 1 aliphatic rings. The summed E-state index contributed by atoms with van der Waals surface area (Å²) in [6.07, 6.45) is 5.04. The summed E-state index contributed by atoms with van der Waals surface area (Å²) in [4.78, 5) is 24.0. The first kappa shape index (κ1) is 19.3.